The normalized spacial score (nSPS) is 21.5. The smallest absolute Gasteiger partial charge is 0.322 e. The minimum atomic E-state index is 0.294. The third-order valence-corrected chi connectivity index (χ3v) is 7.86. The van der Waals surface area contributed by atoms with Crippen LogP contribution in [0, 0.1) is 12.0 Å². The second kappa shape index (κ2) is 6.99. The zero-order valence-corrected chi connectivity index (χ0v) is 18.9. The van der Waals surface area contributed by atoms with Crippen LogP contribution in [-0.2, 0) is 13.1 Å². The molecule has 166 valence electrons. The molecule has 3 fully saturated rings. The first-order chi connectivity index (χ1) is 16.1. The van der Waals surface area contributed by atoms with Gasteiger partial charge in [0.1, 0.15) is 5.82 Å². The number of nitrogens with zero attached hydrogens (tertiary/aromatic N) is 8. The van der Waals surface area contributed by atoms with Crippen molar-refractivity contribution in [1.82, 2.24) is 29.6 Å². The largest absolute Gasteiger partial charge is 0.360 e. The van der Waals surface area contributed by atoms with Crippen molar-refractivity contribution in [2.24, 2.45) is 5.41 Å². The Labute approximate surface area is 197 Å². The zero-order chi connectivity index (χ0) is 22.2. The van der Waals surface area contributed by atoms with Gasteiger partial charge in [-0.3, -0.25) is 9.47 Å². The highest BCUT2D eigenvalue weighted by Gasteiger charge is 2.55. The first-order valence-electron chi connectivity index (χ1n) is 11.5. The lowest BCUT2D eigenvalue weighted by Crippen LogP contribution is -2.62. The number of hydrogen-bond acceptors (Lipinski definition) is 6. The van der Waals surface area contributed by atoms with Crippen LogP contribution in [0.4, 0.5) is 11.8 Å². The minimum Gasteiger partial charge on any atom is -0.360 e. The fourth-order valence-electron chi connectivity index (χ4n) is 5.90. The van der Waals surface area contributed by atoms with Gasteiger partial charge in [-0.25, -0.2) is 4.98 Å². The van der Waals surface area contributed by atoms with Crippen molar-refractivity contribution in [1.29, 1.82) is 0 Å². The minimum absolute atomic E-state index is 0.294. The molecule has 7 rings (SSSR count). The monoisotopic (exact) mass is 458 g/mol. The highest BCUT2D eigenvalue weighted by Crippen LogP contribution is 2.56. The van der Waals surface area contributed by atoms with Gasteiger partial charge in [0.2, 0.25) is 0 Å². The summed E-state index contributed by atoms with van der Waals surface area (Å²) >= 11 is 6.37. The Morgan fingerprint density at radius 1 is 1.09 bits per heavy atom. The molecule has 4 aliphatic rings. The molecular weight excluding hydrogens is 436 g/mol. The van der Waals surface area contributed by atoms with E-state index in [0.717, 1.165) is 55.7 Å². The summed E-state index contributed by atoms with van der Waals surface area (Å²) in [6.45, 7) is 10.8. The molecule has 0 unspecified atom stereocenters. The van der Waals surface area contributed by atoms with Crippen molar-refractivity contribution < 1.29 is 0 Å². The fourth-order valence-corrected chi connectivity index (χ4v) is 6.09. The molecule has 1 saturated heterocycles. The molecule has 4 heterocycles. The van der Waals surface area contributed by atoms with E-state index in [1.165, 1.54) is 24.1 Å². The zero-order valence-electron chi connectivity index (χ0n) is 18.2. The molecule has 0 atom stereocenters. The molecule has 2 aliphatic carbocycles. The maximum Gasteiger partial charge on any atom is 0.322 e. The number of halogens is 1. The van der Waals surface area contributed by atoms with Gasteiger partial charge in [-0.15, -0.1) is 10.2 Å². The lowest BCUT2D eigenvalue weighted by Gasteiger charge is -2.58. The number of aromatic nitrogens is 5. The summed E-state index contributed by atoms with van der Waals surface area (Å²) in [7, 11) is 0. The van der Waals surface area contributed by atoms with Gasteiger partial charge in [-0.1, -0.05) is 23.2 Å². The van der Waals surface area contributed by atoms with E-state index >= 15 is 0 Å². The number of benzene rings is 1. The van der Waals surface area contributed by atoms with E-state index in [1.54, 1.807) is 12.3 Å². The summed E-state index contributed by atoms with van der Waals surface area (Å²) in [6, 6.07) is 8.52. The van der Waals surface area contributed by atoms with E-state index in [2.05, 4.69) is 46.4 Å². The van der Waals surface area contributed by atoms with Gasteiger partial charge in [0.15, 0.2) is 5.82 Å². The molecule has 0 radical (unpaired) electrons. The SMILES string of the molecule is [C-]#[N+]c1ccnc(N2CC3(CC(c4nnc5n4-c4ccc(Cl)cc4CN(C4CC4)C5)C3)C2)n1. The van der Waals surface area contributed by atoms with Gasteiger partial charge >= 0.3 is 5.95 Å². The molecule has 9 heteroatoms. The van der Waals surface area contributed by atoms with E-state index in [9.17, 15) is 0 Å². The molecule has 33 heavy (non-hydrogen) atoms. The third-order valence-electron chi connectivity index (χ3n) is 7.62. The van der Waals surface area contributed by atoms with Crippen molar-refractivity contribution in [3.8, 4) is 5.69 Å². The molecule has 2 aromatic heterocycles. The van der Waals surface area contributed by atoms with E-state index < -0.39 is 0 Å². The first kappa shape index (κ1) is 19.4. The van der Waals surface area contributed by atoms with Crippen LogP contribution in [0.1, 0.15) is 48.8 Å². The van der Waals surface area contributed by atoms with E-state index in [-0.39, 0.29) is 0 Å². The van der Waals surface area contributed by atoms with Gasteiger partial charge in [0.25, 0.3) is 5.82 Å². The van der Waals surface area contributed by atoms with Crippen LogP contribution >= 0.6 is 11.6 Å². The molecule has 2 aliphatic heterocycles. The van der Waals surface area contributed by atoms with Crippen molar-refractivity contribution in [2.75, 3.05) is 18.0 Å². The second-order valence-electron chi connectivity index (χ2n) is 10.0. The quantitative estimate of drug-likeness (QED) is 0.550. The second-order valence-corrected chi connectivity index (χ2v) is 10.4. The highest BCUT2D eigenvalue weighted by molar-refractivity contribution is 6.30. The van der Waals surface area contributed by atoms with Gasteiger partial charge in [0, 0.05) is 48.2 Å². The van der Waals surface area contributed by atoms with Crippen molar-refractivity contribution in [3.63, 3.8) is 0 Å². The van der Waals surface area contributed by atoms with Crippen molar-refractivity contribution >= 4 is 23.4 Å². The molecule has 2 saturated carbocycles. The van der Waals surface area contributed by atoms with Crippen molar-refractivity contribution in [3.05, 3.63) is 64.1 Å². The average Bonchev–Trinajstić information content (AvgIpc) is 3.55. The molecule has 0 amide bonds. The summed E-state index contributed by atoms with van der Waals surface area (Å²) in [5.74, 6) is 3.59. The Morgan fingerprint density at radius 2 is 1.94 bits per heavy atom. The van der Waals surface area contributed by atoms with Crippen LogP contribution in [0.5, 0.6) is 0 Å². The summed E-state index contributed by atoms with van der Waals surface area (Å²) < 4.78 is 2.31. The van der Waals surface area contributed by atoms with Crippen molar-refractivity contribution in [2.45, 2.75) is 50.7 Å². The Hall–Kier alpha value is -3.02. The predicted octanol–water partition coefficient (Wildman–Crippen LogP) is 4.12. The summed E-state index contributed by atoms with van der Waals surface area (Å²) in [5, 5.41) is 10.1. The third kappa shape index (κ3) is 3.14. The Kier molecular flexibility index (Phi) is 4.12. The van der Waals surface area contributed by atoms with Crippen LogP contribution in [-0.4, -0.2) is 48.8 Å². The van der Waals surface area contributed by atoms with Gasteiger partial charge in [-0.2, -0.15) is 0 Å². The average molecular weight is 459 g/mol. The molecule has 0 bridgehead atoms. The van der Waals surface area contributed by atoms with E-state index in [1.807, 2.05) is 6.07 Å². The van der Waals surface area contributed by atoms with Crippen LogP contribution in [0.25, 0.3) is 10.5 Å². The predicted molar refractivity (Wildman–Crippen MR) is 124 cm³/mol. The van der Waals surface area contributed by atoms with Crippen LogP contribution < -0.4 is 4.90 Å². The van der Waals surface area contributed by atoms with Crippen LogP contribution in [0.15, 0.2) is 30.5 Å². The maximum atomic E-state index is 7.17. The highest BCUT2D eigenvalue weighted by atomic mass is 35.5. The first-order valence-corrected chi connectivity index (χ1v) is 11.9. The standard InChI is InChI=1S/C24H23ClN8/c1-26-20-6-7-27-23(28-20)32-13-24(14-32)9-16(10-24)22-30-29-21-12-31(18-3-4-18)11-15-8-17(25)2-5-19(15)33(21)22/h2,5-8,16,18H,3-4,9-14H2. The lowest BCUT2D eigenvalue weighted by atomic mass is 9.57. The summed E-state index contributed by atoms with van der Waals surface area (Å²) in [6.07, 6.45) is 6.39. The van der Waals surface area contributed by atoms with Crippen LogP contribution in [0.3, 0.4) is 0 Å². The number of fused-ring (bicyclic) bond motifs is 3. The molecular formula is C24H23ClN8. The fraction of sp³-hybridized carbons (Fsp3) is 0.458. The molecule has 1 aromatic carbocycles. The molecule has 8 nitrogen and oxygen atoms in total. The molecule has 0 N–H and O–H groups in total. The lowest BCUT2D eigenvalue weighted by molar-refractivity contribution is 0.0575. The van der Waals surface area contributed by atoms with Gasteiger partial charge < -0.3 is 9.74 Å². The summed E-state index contributed by atoms with van der Waals surface area (Å²) in [5.41, 5.74) is 2.73. The van der Waals surface area contributed by atoms with Gasteiger partial charge in [-0.05, 0) is 55.5 Å². The maximum absolute atomic E-state index is 7.17. The van der Waals surface area contributed by atoms with Gasteiger partial charge in [0.05, 0.1) is 12.2 Å². The number of hydrogen-bond donors (Lipinski definition) is 0. The summed E-state index contributed by atoms with van der Waals surface area (Å²) in [4.78, 5) is 16.8. The number of anilines is 1. The Morgan fingerprint density at radius 3 is 2.73 bits per heavy atom. The topological polar surface area (TPSA) is 67.3 Å². The van der Waals surface area contributed by atoms with Crippen LogP contribution in [0.2, 0.25) is 5.02 Å². The van der Waals surface area contributed by atoms with E-state index in [4.69, 9.17) is 23.3 Å². The van der Waals surface area contributed by atoms with E-state index in [0.29, 0.717) is 29.1 Å². The Balaban J connectivity index is 1.13. The molecule has 1 spiro atoms. The molecule has 3 aromatic rings. The number of rotatable bonds is 3. The Bertz CT molecular complexity index is 1290.